The van der Waals surface area contributed by atoms with Crippen LogP contribution in [0.15, 0.2) is 36.8 Å². The summed E-state index contributed by atoms with van der Waals surface area (Å²) in [5.74, 6) is 0.927. The Morgan fingerprint density at radius 1 is 1.26 bits per heavy atom. The fourth-order valence-corrected chi connectivity index (χ4v) is 2.83. The van der Waals surface area contributed by atoms with E-state index >= 15 is 0 Å². The molecule has 1 aliphatic heterocycles. The summed E-state index contributed by atoms with van der Waals surface area (Å²) in [6.07, 6.45) is 4.42. The molecular weight excluding hydrogens is 238 g/mol. The van der Waals surface area contributed by atoms with Crippen LogP contribution < -0.4 is 4.90 Å². The van der Waals surface area contributed by atoms with E-state index in [2.05, 4.69) is 56.3 Å². The van der Waals surface area contributed by atoms with E-state index in [1.807, 2.05) is 0 Å². The molecule has 0 radical (unpaired) electrons. The molecule has 0 spiro atoms. The van der Waals surface area contributed by atoms with Gasteiger partial charge < -0.3 is 4.90 Å². The maximum atomic E-state index is 4.47. The minimum absolute atomic E-state index is 0.394. The van der Waals surface area contributed by atoms with E-state index in [1.165, 1.54) is 11.3 Å². The highest BCUT2D eigenvalue weighted by molar-refractivity contribution is 5.90. The van der Waals surface area contributed by atoms with Gasteiger partial charge in [-0.2, -0.15) is 5.10 Å². The van der Waals surface area contributed by atoms with Gasteiger partial charge in [-0.3, -0.25) is 5.10 Å². The second-order valence-electron chi connectivity index (χ2n) is 4.88. The molecule has 0 saturated heterocycles. The molecule has 3 heterocycles. The van der Waals surface area contributed by atoms with E-state index in [4.69, 9.17) is 0 Å². The number of aromatic amines is 1. The highest BCUT2D eigenvalue weighted by Crippen LogP contribution is 2.39. The van der Waals surface area contributed by atoms with Crippen molar-refractivity contribution in [2.24, 2.45) is 0 Å². The Morgan fingerprint density at radius 3 is 3.11 bits per heavy atom. The molecule has 1 unspecified atom stereocenters. The van der Waals surface area contributed by atoms with E-state index in [0.29, 0.717) is 6.04 Å². The summed E-state index contributed by atoms with van der Waals surface area (Å²) >= 11 is 0. The largest absolute Gasteiger partial charge is 0.322 e. The smallest absolute Gasteiger partial charge is 0.160 e. The SMILES string of the molecule is CC1Cc2ccccc2N1c1ncnc2[nH]ncc12. The summed E-state index contributed by atoms with van der Waals surface area (Å²) in [5, 5.41) is 7.92. The number of fused-ring (bicyclic) bond motifs is 2. The molecule has 2 aromatic heterocycles. The van der Waals surface area contributed by atoms with Crippen LogP contribution >= 0.6 is 0 Å². The second kappa shape index (κ2) is 3.78. The number of para-hydroxylation sites is 1. The Kier molecular flexibility index (Phi) is 2.09. The van der Waals surface area contributed by atoms with E-state index in [-0.39, 0.29) is 0 Å². The van der Waals surface area contributed by atoms with Crippen LogP contribution in [-0.2, 0) is 6.42 Å². The predicted molar refractivity (Wildman–Crippen MR) is 73.4 cm³/mol. The summed E-state index contributed by atoms with van der Waals surface area (Å²) in [4.78, 5) is 10.9. The minimum atomic E-state index is 0.394. The number of nitrogens with zero attached hydrogens (tertiary/aromatic N) is 4. The van der Waals surface area contributed by atoms with Gasteiger partial charge in [0.05, 0.1) is 11.6 Å². The minimum Gasteiger partial charge on any atom is -0.322 e. The Hall–Kier alpha value is -2.43. The van der Waals surface area contributed by atoms with Crippen molar-refractivity contribution in [3.05, 3.63) is 42.4 Å². The van der Waals surface area contributed by atoms with Crippen LogP contribution in [0.5, 0.6) is 0 Å². The molecule has 0 saturated carbocycles. The lowest BCUT2D eigenvalue weighted by molar-refractivity contribution is 0.752. The van der Waals surface area contributed by atoms with Crippen molar-refractivity contribution >= 4 is 22.5 Å². The highest BCUT2D eigenvalue weighted by Gasteiger charge is 2.29. The molecule has 0 aliphatic carbocycles. The van der Waals surface area contributed by atoms with E-state index in [0.717, 1.165) is 23.3 Å². The predicted octanol–water partition coefficient (Wildman–Crippen LogP) is 2.44. The zero-order chi connectivity index (χ0) is 12.8. The van der Waals surface area contributed by atoms with Crippen LogP contribution in [0.1, 0.15) is 12.5 Å². The van der Waals surface area contributed by atoms with E-state index in [9.17, 15) is 0 Å². The van der Waals surface area contributed by atoms with Crippen molar-refractivity contribution < 1.29 is 0 Å². The van der Waals surface area contributed by atoms with Gasteiger partial charge in [-0.15, -0.1) is 0 Å². The normalized spacial score (nSPS) is 17.9. The van der Waals surface area contributed by atoms with Crippen molar-refractivity contribution in [2.75, 3.05) is 4.90 Å². The molecule has 5 heteroatoms. The van der Waals surface area contributed by atoms with Crippen LogP contribution in [0.3, 0.4) is 0 Å². The Bertz CT molecular complexity index is 748. The monoisotopic (exact) mass is 251 g/mol. The first kappa shape index (κ1) is 10.5. The second-order valence-corrected chi connectivity index (χ2v) is 4.88. The average molecular weight is 251 g/mol. The van der Waals surface area contributed by atoms with Gasteiger partial charge >= 0.3 is 0 Å². The van der Waals surface area contributed by atoms with E-state index in [1.54, 1.807) is 12.5 Å². The molecule has 1 aromatic carbocycles. The molecule has 1 N–H and O–H groups in total. The summed E-state index contributed by atoms with van der Waals surface area (Å²) in [5.41, 5.74) is 3.38. The van der Waals surface area contributed by atoms with Gasteiger partial charge in [0.1, 0.15) is 12.1 Å². The van der Waals surface area contributed by atoms with Gasteiger partial charge in [0.25, 0.3) is 0 Å². The van der Waals surface area contributed by atoms with Crippen LogP contribution in [0.25, 0.3) is 11.0 Å². The molecule has 3 aromatic rings. The van der Waals surface area contributed by atoms with Gasteiger partial charge in [-0.05, 0) is 25.0 Å². The molecule has 0 amide bonds. The van der Waals surface area contributed by atoms with Crippen molar-refractivity contribution in [1.82, 2.24) is 20.2 Å². The fourth-order valence-electron chi connectivity index (χ4n) is 2.83. The van der Waals surface area contributed by atoms with E-state index < -0.39 is 0 Å². The lowest BCUT2D eigenvalue weighted by atomic mass is 10.1. The van der Waals surface area contributed by atoms with Gasteiger partial charge in [0.2, 0.25) is 0 Å². The Labute approximate surface area is 110 Å². The number of nitrogens with one attached hydrogen (secondary N) is 1. The third-order valence-electron chi connectivity index (χ3n) is 3.66. The number of hydrogen-bond donors (Lipinski definition) is 1. The third-order valence-corrected chi connectivity index (χ3v) is 3.66. The molecule has 4 rings (SSSR count). The topological polar surface area (TPSA) is 57.7 Å². The standard InChI is InChI=1S/C14H13N5/c1-9-6-10-4-2-3-5-12(10)19(9)14-11-7-17-18-13(11)15-8-16-14/h2-5,7-9H,6H2,1H3,(H,15,16,17,18). The average Bonchev–Trinajstić information content (AvgIpc) is 3.01. The number of anilines is 2. The van der Waals surface area contributed by atoms with Crippen molar-refractivity contribution in [2.45, 2.75) is 19.4 Å². The number of benzene rings is 1. The van der Waals surface area contributed by atoms with Crippen molar-refractivity contribution in [3.63, 3.8) is 0 Å². The van der Waals surface area contributed by atoms with Crippen LogP contribution in [-0.4, -0.2) is 26.2 Å². The summed E-state index contributed by atoms with van der Waals surface area (Å²) in [6.45, 7) is 2.22. The lowest BCUT2D eigenvalue weighted by Gasteiger charge is -2.24. The number of aromatic nitrogens is 4. The summed E-state index contributed by atoms with van der Waals surface area (Å²) < 4.78 is 0. The van der Waals surface area contributed by atoms with Gasteiger partial charge in [-0.25, -0.2) is 9.97 Å². The molecule has 0 bridgehead atoms. The molecule has 1 atom stereocenters. The quantitative estimate of drug-likeness (QED) is 0.721. The van der Waals surface area contributed by atoms with Crippen LogP contribution in [0.2, 0.25) is 0 Å². The summed E-state index contributed by atoms with van der Waals surface area (Å²) in [6, 6.07) is 8.87. The Balaban J connectivity index is 1.95. The fraction of sp³-hybridized carbons (Fsp3) is 0.214. The molecular formula is C14H13N5. The lowest BCUT2D eigenvalue weighted by Crippen LogP contribution is -2.25. The van der Waals surface area contributed by atoms with Crippen molar-refractivity contribution in [3.8, 4) is 0 Å². The zero-order valence-corrected chi connectivity index (χ0v) is 10.5. The first-order valence-corrected chi connectivity index (χ1v) is 6.36. The maximum absolute atomic E-state index is 4.47. The van der Waals surface area contributed by atoms with Crippen LogP contribution in [0, 0.1) is 0 Å². The Morgan fingerprint density at radius 2 is 2.16 bits per heavy atom. The third kappa shape index (κ3) is 1.44. The van der Waals surface area contributed by atoms with Crippen molar-refractivity contribution in [1.29, 1.82) is 0 Å². The summed E-state index contributed by atoms with van der Waals surface area (Å²) in [7, 11) is 0. The molecule has 1 aliphatic rings. The molecule has 0 fully saturated rings. The molecule has 5 nitrogen and oxygen atoms in total. The first-order chi connectivity index (χ1) is 9.34. The number of H-pyrrole nitrogens is 1. The van der Waals surface area contributed by atoms with Gasteiger partial charge in [0.15, 0.2) is 5.65 Å². The molecule has 19 heavy (non-hydrogen) atoms. The van der Waals surface area contributed by atoms with Gasteiger partial charge in [0, 0.05) is 11.7 Å². The number of rotatable bonds is 1. The maximum Gasteiger partial charge on any atom is 0.160 e. The number of hydrogen-bond acceptors (Lipinski definition) is 4. The zero-order valence-electron chi connectivity index (χ0n) is 10.5. The first-order valence-electron chi connectivity index (χ1n) is 6.36. The highest BCUT2D eigenvalue weighted by atomic mass is 15.3. The van der Waals surface area contributed by atoms with Gasteiger partial charge in [-0.1, -0.05) is 18.2 Å². The van der Waals surface area contributed by atoms with Crippen LogP contribution in [0.4, 0.5) is 11.5 Å². The molecule has 94 valence electrons.